The van der Waals surface area contributed by atoms with Gasteiger partial charge in [0, 0.05) is 19.0 Å². The summed E-state index contributed by atoms with van der Waals surface area (Å²) in [4.78, 5) is 22.2. The van der Waals surface area contributed by atoms with Crippen molar-refractivity contribution < 1.29 is 13.9 Å². The number of nitrogens with zero attached hydrogens (tertiary/aromatic N) is 2. The van der Waals surface area contributed by atoms with Gasteiger partial charge in [-0.1, -0.05) is 12.1 Å². The van der Waals surface area contributed by atoms with E-state index in [1.165, 1.54) is 24.3 Å². The Kier molecular flexibility index (Phi) is 4.56. The third kappa shape index (κ3) is 3.54. The van der Waals surface area contributed by atoms with Gasteiger partial charge in [0.2, 0.25) is 0 Å². The SMILES string of the molecule is O=C(COc1ccc(F)cc1)N1CCC(c2nc3ccccc3[nH]2)CC1. The van der Waals surface area contributed by atoms with Crippen molar-refractivity contribution in [2.24, 2.45) is 0 Å². The lowest BCUT2D eigenvalue weighted by Crippen LogP contribution is -2.40. The van der Waals surface area contributed by atoms with Crippen LogP contribution in [0.3, 0.4) is 0 Å². The molecule has 5 nitrogen and oxygen atoms in total. The number of likely N-dealkylation sites (tertiary alicyclic amines) is 1. The molecule has 1 aliphatic heterocycles. The molecule has 0 radical (unpaired) electrons. The Morgan fingerprint density at radius 2 is 1.88 bits per heavy atom. The van der Waals surface area contributed by atoms with E-state index in [1.807, 2.05) is 29.2 Å². The van der Waals surface area contributed by atoms with Crippen LogP contribution >= 0.6 is 0 Å². The molecule has 134 valence electrons. The molecule has 1 amide bonds. The molecular formula is C20H20FN3O2. The van der Waals surface area contributed by atoms with E-state index in [0.29, 0.717) is 24.8 Å². The number of carbonyl (C=O) groups excluding carboxylic acids is 1. The summed E-state index contributed by atoms with van der Waals surface area (Å²) in [5, 5.41) is 0. The minimum absolute atomic E-state index is 0.0268. The minimum atomic E-state index is -0.323. The van der Waals surface area contributed by atoms with E-state index in [-0.39, 0.29) is 18.3 Å². The average molecular weight is 353 g/mol. The van der Waals surface area contributed by atoms with Crippen molar-refractivity contribution in [3.05, 3.63) is 60.2 Å². The molecule has 1 N–H and O–H groups in total. The molecule has 1 saturated heterocycles. The zero-order valence-electron chi connectivity index (χ0n) is 14.3. The van der Waals surface area contributed by atoms with Gasteiger partial charge in [-0.05, 0) is 49.2 Å². The highest BCUT2D eigenvalue weighted by Gasteiger charge is 2.25. The van der Waals surface area contributed by atoms with E-state index in [2.05, 4.69) is 9.97 Å². The fourth-order valence-electron chi connectivity index (χ4n) is 3.34. The van der Waals surface area contributed by atoms with Crippen LogP contribution in [0.4, 0.5) is 4.39 Å². The monoisotopic (exact) mass is 353 g/mol. The fraction of sp³-hybridized carbons (Fsp3) is 0.300. The summed E-state index contributed by atoms with van der Waals surface area (Å²) >= 11 is 0. The molecule has 3 aromatic rings. The zero-order valence-corrected chi connectivity index (χ0v) is 14.3. The molecule has 2 heterocycles. The second-order valence-corrected chi connectivity index (χ2v) is 6.54. The largest absolute Gasteiger partial charge is 0.484 e. The molecule has 0 saturated carbocycles. The van der Waals surface area contributed by atoms with Gasteiger partial charge in [0.1, 0.15) is 17.4 Å². The van der Waals surface area contributed by atoms with Gasteiger partial charge >= 0.3 is 0 Å². The summed E-state index contributed by atoms with van der Waals surface area (Å²) in [7, 11) is 0. The maximum Gasteiger partial charge on any atom is 0.260 e. The van der Waals surface area contributed by atoms with Crippen molar-refractivity contribution in [2.75, 3.05) is 19.7 Å². The lowest BCUT2D eigenvalue weighted by atomic mass is 9.96. The number of hydrogen-bond donors (Lipinski definition) is 1. The number of amides is 1. The molecule has 0 unspecified atom stereocenters. The predicted octanol–water partition coefficient (Wildman–Crippen LogP) is 3.49. The molecule has 6 heteroatoms. The van der Waals surface area contributed by atoms with Crippen molar-refractivity contribution in [2.45, 2.75) is 18.8 Å². The van der Waals surface area contributed by atoms with Crippen LogP contribution in [0.25, 0.3) is 11.0 Å². The third-order valence-corrected chi connectivity index (χ3v) is 4.82. The first-order valence-corrected chi connectivity index (χ1v) is 8.80. The van der Waals surface area contributed by atoms with Gasteiger partial charge in [-0.15, -0.1) is 0 Å². The molecule has 1 aliphatic rings. The van der Waals surface area contributed by atoms with Crippen LogP contribution in [0, 0.1) is 5.82 Å². The quantitative estimate of drug-likeness (QED) is 0.781. The van der Waals surface area contributed by atoms with Gasteiger partial charge < -0.3 is 14.6 Å². The summed E-state index contributed by atoms with van der Waals surface area (Å²) in [5.41, 5.74) is 2.03. The number of ether oxygens (including phenoxy) is 1. The van der Waals surface area contributed by atoms with Gasteiger partial charge in [-0.2, -0.15) is 0 Å². The van der Waals surface area contributed by atoms with Gasteiger partial charge in [0.15, 0.2) is 6.61 Å². The number of nitrogens with one attached hydrogen (secondary N) is 1. The van der Waals surface area contributed by atoms with Gasteiger partial charge in [0.05, 0.1) is 11.0 Å². The average Bonchev–Trinajstić information content (AvgIpc) is 3.12. The Hall–Kier alpha value is -2.89. The highest BCUT2D eigenvalue weighted by Crippen LogP contribution is 2.27. The van der Waals surface area contributed by atoms with Gasteiger partial charge in [-0.25, -0.2) is 9.37 Å². The predicted molar refractivity (Wildman–Crippen MR) is 96.5 cm³/mol. The number of carbonyl (C=O) groups is 1. The molecule has 2 aromatic carbocycles. The van der Waals surface area contributed by atoms with Crippen molar-refractivity contribution in [1.82, 2.24) is 14.9 Å². The van der Waals surface area contributed by atoms with Gasteiger partial charge in [-0.3, -0.25) is 4.79 Å². The second-order valence-electron chi connectivity index (χ2n) is 6.54. The highest BCUT2D eigenvalue weighted by molar-refractivity contribution is 5.78. The van der Waals surface area contributed by atoms with E-state index >= 15 is 0 Å². The number of aromatic amines is 1. The number of benzene rings is 2. The zero-order chi connectivity index (χ0) is 17.9. The summed E-state index contributed by atoms with van der Waals surface area (Å²) in [6, 6.07) is 13.7. The van der Waals surface area contributed by atoms with Crippen LogP contribution in [0.2, 0.25) is 0 Å². The Labute approximate surface area is 150 Å². The first-order chi connectivity index (χ1) is 12.7. The van der Waals surface area contributed by atoms with Crippen LogP contribution in [0.5, 0.6) is 5.75 Å². The van der Waals surface area contributed by atoms with Crippen LogP contribution in [-0.2, 0) is 4.79 Å². The molecular weight excluding hydrogens is 333 g/mol. The van der Waals surface area contributed by atoms with Crippen LogP contribution in [0.15, 0.2) is 48.5 Å². The van der Waals surface area contributed by atoms with Crippen molar-refractivity contribution >= 4 is 16.9 Å². The molecule has 0 atom stereocenters. The third-order valence-electron chi connectivity index (χ3n) is 4.82. The molecule has 26 heavy (non-hydrogen) atoms. The van der Waals surface area contributed by atoms with Crippen LogP contribution < -0.4 is 4.74 Å². The Morgan fingerprint density at radius 3 is 2.62 bits per heavy atom. The van der Waals surface area contributed by atoms with Crippen LogP contribution in [-0.4, -0.2) is 40.5 Å². The number of rotatable bonds is 4. The number of para-hydroxylation sites is 2. The number of piperidine rings is 1. The Bertz CT molecular complexity index is 866. The summed E-state index contributed by atoms with van der Waals surface area (Å²) < 4.78 is 18.3. The number of imidazole rings is 1. The summed E-state index contributed by atoms with van der Waals surface area (Å²) in [6.07, 6.45) is 1.75. The normalized spacial score (nSPS) is 15.3. The first kappa shape index (κ1) is 16.6. The van der Waals surface area contributed by atoms with Crippen molar-refractivity contribution in [3.8, 4) is 5.75 Å². The Morgan fingerprint density at radius 1 is 1.15 bits per heavy atom. The lowest BCUT2D eigenvalue weighted by Gasteiger charge is -2.31. The number of fused-ring (bicyclic) bond motifs is 1. The van der Waals surface area contributed by atoms with E-state index in [9.17, 15) is 9.18 Å². The van der Waals surface area contributed by atoms with E-state index in [4.69, 9.17) is 4.74 Å². The number of H-pyrrole nitrogens is 1. The molecule has 0 bridgehead atoms. The standard InChI is InChI=1S/C20H20FN3O2/c21-15-5-7-16(8-6-15)26-13-19(25)24-11-9-14(10-12-24)20-22-17-3-1-2-4-18(17)23-20/h1-8,14H,9-13H2,(H,22,23). The number of hydrogen-bond acceptors (Lipinski definition) is 3. The molecule has 1 fully saturated rings. The summed E-state index contributed by atoms with van der Waals surface area (Å²) in [5.74, 6) is 1.47. The van der Waals surface area contributed by atoms with Crippen molar-refractivity contribution in [3.63, 3.8) is 0 Å². The summed E-state index contributed by atoms with van der Waals surface area (Å²) in [6.45, 7) is 1.35. The second kappa shape index (κ2) is 7.15. The van der Waals surface area contributed by atoms with E-state index in [0.717, 1.165) is 29.7 Å². The molecule has 0 spiro atoms. The number of halogens is 1. The topological polar surface area (TPSA) is 58.2 Å². The molecule has 1 aromatic heterocycles. The maximum atomic E-state index is 12.9. The lowest BCUT2D eigenvalue weighted by molar-refractivity contribution is -0.134. The highest BCUT2D eigenvalue weighted by atomic mass is 19.1. The van der Waals surface area contributed by atoms with E-state index in [1.54, 1.807) is 0 Å². The van der Waals surface area contributed by atoms with Crippen molar-refractivity contribution in [1.29, 1.82) is 0 Å². The minimum Gasteiger partial charge on any atom is -0.484 e. The Balaban J connectivity index is 1.31. The smallest absolute Gasteiger partial charge is 0.260 e. The fourth-order valence-corrected chi connectivity index (χ4v) is 3.34. The molecule has 4 rings (SSSR count). The van der Waals surface area contributed by atoms with Gasteiger partial charge in [0.25, 0.3) is 5.91 Å². The number of aromatic nitrogens is 2. The maximum absolute atomic E-state index is 12.9. The van der Waals surface area contributed by atoms with E-state index < -0.39 is 0 Å². The first-order valence-electron chi connectivity index (χ1n) is 8.80. The molecule has 0 aliphatic carbocycles. The van der Waals surface area contributed by atoms with Crippen LogP contribution in [0.1, 0.15) is 24.6 Å².